The Morgan fingerprint density at radius 1 is 0.710 bits per heavy atom. The van der Waals surface area contributed by atoms with Crippen molar-refractivity contribution < 1.29 is 8.98 Å². The van der Waals surface area contributed by atoms with Crippen molar-refractivity contribution in [2.75, 3.05) is 4.90 Å². The first-order valence-electron chi connectivity index (χ1n) is 21.9. The minimum Gasteiger partial charge on any atom is -0.456 e. The van der Waals surface area contributed by atoms with Crippen molar-refractivity contribution in [2.24, 2.45) is 0 Å². The number of benzene rings is 6. The number of hydrogen-bond acceptors (Lipinski definition) is 3. The van der Waals surface area contributed by atoms with Gasteiger partial charge in [0.15, 0.2) is 0 Å². The van der Waals surface area contributed by atoms with E-state index >= 15 is 0 Å². The zero-order chi connectivity index (χ0) is 41.6. The molecule has 2 aliphatic heterocycles. The first kappa shape index (κ1) is 35.8. The fourth-order valence-corrected chi connectivity index (χ4v) is 12.0. The zero-order valence-electron chi connectivity index (χ0n) is 35.6. The molecule has 4 aliphatic rings. The van der Waals surface area contributed by atoms with Crippen LogP contribution >= 0.6 is 11.3 Å². The van der Waals surface area contributed by atoms with Crippen LogP contribution in [0.5, 0.6) is 0 Å². The van der Waals surface area contributed by atoms with Crippen LogP contribution in [0.25, 0.3) is 87.1 Å². The molecule has 0 radical (unpaired) electrons. The van der Waals surface area contributed by atoms with Gasteiger partial charge < -0.3 is 9.32 Å². The lowest BCUT2D eigenvalue weighted by atomic mass is 9.86. The average Bonchev–Trinajstić information content (AvgIpc) is 3.96. The highest BCUT2D eigenvalue weighted by Gasteiger charge is 2.37. The van der Waals surface area contributed by atoms with Gasteiger partial charge in [0, 0.05) is 55.5 Å². The number of furan rings is 1. The van der Waals surface area contributed by atoms with Gasteiger partial charge in [-0.3, -0.25) is 8.97 Å². The summed E-state index contributed by atoms with van der Waals surface area (Å²) in [5.41, 5.74) is 17.7. The third-order valence-corrected chi connectivity index (χ3v) is 14.8. The van der Waals surface area contributed by atoms with Gasteiger partial charge in [0.05, 0.1) is 23.0 Å². The summed E-state index contributed by atoms with van der Waals surface area (Å²) in [6, 6.07) is 44.8. The van der Waals surface area contributed by atoms with E-state index in [4.69, 9.17) is 4.42 Å². The number of anilines is 1. The molecule has 0 N–H and O–H groups in total. The lowest BCUT2D eigenvalue weighted by Gasteiger charge is -2.34. The van der Waals surface area contributed by atoms with Crippen molar-refractivity contribution in [2.45, 2.75) is 59.3 Å². The van der Waals surface area contributed by atoms with Gasteiger partial charge in [-0.2, -0.15) is 4.57 Å². The fraction of sp³-hybridized carbons (Fsp3) is 0.161. The highest BCUT2D eigenvalue weighted by atomic mass is 32.1. The molecule has 9 aromatic rings. The summed E-state index contributed by atoms with van der Waals surface area (Å²) in [5, 5.41) is 7.40. The van der Waals surface area contributed by atoms with E-state index in [0.717, 1.165) is 40.5 Å². The summed E-state index contributed by atoms with van der Waals surface area (Å²) in [4.78, 5) is 3.84. The van der Waals surface area contributed by atoms with Crippen molar-refractivity contribution in [3.05, 3.63) is 179 Å². The SMILES string of the molecule is CC1=CCCC=C1N(C1=CC=c2c([n+](-c3cccc4oc5ccccc5c34)c3cc(C(C)(C)C)cc4c3-n2c2cccc3c5c6ccccc6sc5n4c32)C1)c1ccccc1C. The normalized spacial score (nSPS) is 14.8. The molecule has 2 aliphatic carbocycles. The fourth-order valence-electron chi connectivity index (χ4n) is 10.7. The number of fused-ring (bicyclic) bond motifs is 12. The summed E-state index contributed by atoms with van der Waals surface area (Å²) >= 11 is 1.91. The topological polar surface area (TPSA) is 29.6 Å². The van der Waals surface area contributed by atoms with Crippen LogP contribution in [0.2, 0.25) is 0 Å². The Morgan fingerprint density at radius 2 is 1.47 bits per heavy atom. The summed E-state index contributed by atoms with van der Waals surface area (Å²) in [6.45, 7) is 11.6. The molecule has 0 saturated heterocycles. The first-order chi connectivity index (χ1) is 30.2. The van der Waals surface area contributed by atoms with Gasteiger partial charge >= 0.3 is 0 Å². The van der Waals surface area contributed by atoms with Crippen LogP contribution in [0.3, 0.4) is 0 Å². The van der Waals surface area contributed by atoms with Gasteiger partial charge in [0.2, 0.25) is 16.9 Å². The monoisotopic (exact) mass is 821 g/mol. The predicted octanol–water partition coefficient (Wildman–Crippen LogP) is 13.7. The summed E-state index contributed by atoms with van der Waals surface area (Å²) in [5.74, 6) is 0. The molecule has 6 heteroatoms. The van der Waals surface area contributed by atoms with Crippen molar-refractivity contribution in [3.8, 4) is 11.4 Å². The lowest BCUT2D eigenvalue weighted by molar-refractivity contribution is -0.576. The van der Waals surface area contributed by atoms with Crippen molar-refractivity contribution in [3.63, 3.8) is 0 Å². The van der Waals surface area contributed by atoms with E-state index in [9.17, 15) is 0 Å². The molecule has 62 heavy (non-hydrogen) atoms. The van der Waals surface area contributed by atoms with Crippen LogP contribution in [-0.4, -0.2) is 8.97 Å². The summed E-state index contributed by atoms with van der Waals surface area (Å²) in [7, 11) is 0. The van der Waals surface area contributed by atoms with Crippen LogP contribution in [0.4, 0.5) is 5.69 Å². The van der Waals surface area contributed by atoms with Crippen LogP contribution in [-0.2, 0) is 11.8 Å². The van der Waals surface area contributed by atoms with Crippen LogP contribution < -0.4 is 14.8 Å². The maximum Gasteiger partial charge on any atom is 0.238 e. The van der Waals surface area contributed by atoms with E-state index in [0.29, 0.717) is 6.42 Å². The molecule has 0 saturated carbocycles. The largest absolute Gasteiger partial charge is 0.456 e. The molecular weight excluding hydrogens is 777 g/mol. The van der Waals surface area contributed by atoms with Gasteiger partial charge in [-0.15, -0.1) is 11.3 Å². The number of aryl methyl sites for hydroxylation is 1. The second-order valence-corrected chi connectivity index (χ2v) is 19.4. The molecule has 5 heterocycles. The van der Waals surface area contributed by atoms with Gasteiger partial charge in [-0.25, -0.2) is 0 Å². The third-order valence-electron chi connectivity index (χ3n) is 13.6. The molecule has 0 bridgehead atoms. The Bertz CT molecular complexity index is 3850. The molecule has 0 spiro atoms. The smallest absolute Gasteiger partial charge is 0.238 e. The van der Waals surface area contributed by atoms with E-state index in [-0.39, 0.29) is 5.41 Å². The standard InChI is InChI=1S/C56H45N4OS/c1-33-16-6-10-21-40(33)57(41-22-11-7-17-34(41)2)36-28-29-42-45(32-36)58(43-23-15-26-49-52(43)37-18-8-12-25-48(37)61-49)46-30-35(56(3,4)5)31-47-54(46)59(42)44-24-14-20-39-51-38-19-9-13-27-50(38)62-55(51)60(47)53(39)44/h6,8-10,12-31H,7,11,32H2,1-5H3/q+1. The molecule has 6 aromatic carbocycles. The molecule has 300 valence electrons. The third kappa shape index (κ3) is 4.87. The van der Waals surface area contributed by atoms with Crippen molar-refractivity contribution in [1.29, 1.82) is 0 Å². The van der Waals surface area contributed by atoms with Crippen LogP contribution in [0, 0.1) is 6.92 Å². The number of thiophene rings is 1. The van der Waals surface area contributed by atoms with E-state index in [1.54, 1.807) is 0 Å². The quantitative estimate of drug-likeness (QED) is 0.101. The highest BCUT2D eigenvalue weighted by Crippen LogP contribution is 2.46. The average molecular weight is 822 g/mol. The summed E-state index contributed by atoms with van der Waals surface area (Å²) in [6.07, 6.45) is 12.4. The van der Waals surface area contributed by atoms with E-state index in [2.05, 4.69) is 199 Å². The molecule has 0 unspecified atom stereocenters. The molecule has 3 aromatic heterocycles. The number of aromatic nitrogens is 3. The predicted molar refractivity (Wildman–Crippen MR) is 260 cm³/mol. The number of rotatable bonds is 4. The van der Waals surface area contributed by atoms with E-state index in [1.165, 1.54) is 98.3 Å². The Kier molecular flexibility index (Phi) is 7.41. The minimum atomic E-state index is -0.129. The van der Waals surface area contributed by atoms with E-state index in [1.807, 2.05) is 11.3 Å². The van der Waals surface area contributed by atoms with Gasteiger partial charge in [-0.1, -0.05) is 106 Å². The maximum absolute atomic E-state index is 6.64. The Hall–Kier alpha value is -6.89. The number of nitrogens with zero attached hydrogens (tertiary/aromatic N) is 4. The molecule has 13 rings (SSSR count). The summed E-state index contributed by atoms with van der Waals surface area (Å²) < 4.78 is 15.8. The van der Waals surface area contributed by atoms with Gasteiger partial charge in [0.1, 0.15) is 32.4 Å². The maximum atomic E-state index is 6.64. The second-order valence-electron chi connectivity index (χ2n) is 18.3. The number of allylic oxidation sites excluding steroid dienone is 5. The zero-order valence-corrected chi connectivity index (χ0v) is 36.4. The highest BCUT2D eigenvalue weighted by molar-refractivity contribution is 7.25. The molecular formula is C56H45N4OS+. The Balaban J connectivity index is 1.25. The van der Waals surface area contributed by atoms with Crippen molar-refractivity contribution >= 4 is 92.8 Å². The van der Waals surface area contributed by atoms with E-state index < -0.39 is 0 Å². The number of para-hydroxylation sites is 3. The Labute approximate surface area is 363 Å². The van der Waals surface area contributed by atoms with Crippen molar-refractivity contribution in [1.82, 2.24) is 8.97 Å². The number of hydrogen-bond donors (Lipinski definition) is 0. The Morgan fingerprint density at radius 3 is 2.32 bits per heavy atom. The molecule has 5 nitrogen and oxygen atoms in total. The second kappa shape index (κ2) is 12.8. The lowest BCUT2D eigenvalue weighted by Crippen LogP contribution is -2.49. The van der Waals surface area contributed by atoms with Gasteiger partial charge in [0.25, 0.3) is 0 Å². The molecule has 0 fully saturated rings. The van der Waals surface area contributed by atoms with Gasteiger partial charge in [-0.05, 0) is 97.4 Å². The minimum absolute atomic E-state index is 0.129. The molecule has 0 atom stereocenters. The molecule has 0 amide bonds. The van der Waals surface area contributed by atoms with Crippen LogP contribution in [0.15, 0.2) is 161 Å². The first-order valence-corrected chi connectivity index (χ1v) is 22.7. The van der Waals surface area contributed by atoms with Crippen LogP contribution in [0.1, 0.15) is 57.4 Å².